The van der Waals surface area contributed by atoms with Gasteiger partial charge >= 0.3 is 5.91 Å². The molecule has 188 valence electrons. The van der Waals surface area contributed by atoms with E-state index in [-0.39, 0.29) is 17.2 Å². The molecule has 1 aliphatic heterocycles. The number of benzene rings is 2. The van der Waals surface area contributed by atoms with Crippen molar-refractivity contribution >= 4 is 23.3 Å². The number of aromatic nitrogens is 1. The zero-order valence-electron chi connectivity index (χ0n) is 20.5. The second-order valence-electron chi connectivity index (χ2n) is 7.88. The summed E-state index contributed by atoms with van der Waals surface area (Å²) in [5, 5.41) is 15.2. The molecule has 1 aromatic heterocycles. The summed E-state index contributed by atoms with van der Waals surface area (Å²) in [5.74, 6) is 0.0530. The molecule has 0 spiro atoms. The van der Waals surface area contributed by atoms with E-state index in [9.17, 15) is 14.7 Å². The molecule has 36 heavy (non-hydrogen) atoms. The first-order valence-electron chi connectivity index (χ1n) is 11.1. The summed E-state index contributed by atoms with van der Waals surface area (Å²) in [4.78, 5) is 27.8. The van der Waals surface area contributed by atoms with Crippen molar-refractivity contribution in [3.63, 3.8) is 0 Å². The molecule has 10 heteroatoms. The van der Waals surface area contributed by atoms with Crippen LogP contribution in [0, 0.1) is 6.92 Å². The Morgan fingerprint density at radius 1 is 1.03 bits per heavy atom. The Morgan fingerprint density at radius 2 is 1.67 bits per heavy atom. The highest BCUT2D eigenvalue weighted by molar-refractivity contribution is 6.51. The normalized spacial score (nSPS) is 16.8. The first-order valence-corrected chi connectivity index (χ1v) is 11.1. The number of rotatable bonds is 8. The Labute approximate surface area is 207 Å². The smallest absolute Gasteiger partial charge is 0.301 e. The number of methoxy groups -OCH3 is 3. The Morgan fingerprint density at radius 3 is 2.17 bits per heavy atom. The molecule has 4 rings (SSSR count). The molecule has 0 saturated carbocycles. The van der Waals surface area contributed by atoms with Gasteiger partial charge in [0.2, 0.25) is 5.75 Å². The number of hydrogen-bond acceptors (Lipinski definition) is 9. The predicted molar refractivity (Wildman–Crippen MR) is 130 cm³/mol. The number of aliphatic hydroxyl groups is 1. The second-order valence-corrected chi connectivity index (χ2v) is 7.88. The fraction of sp³-hybridized carbons (Fsp3) is 0.269. The number of ether oxygens (including phenoxy) is 4. The Kier molecular flexibility index (Phi) is 6.86. The number of anilines is 1. The molecule has 1 saturated heterocycles. The summed E-state index contributed by atoms with van der Waals surface area (Å²) >= 11 is 0. The molecular formula is C26H26N2O8. The van der Waals surface area contributed by atoms with E-state index in [0.717, 1.165) is 0 Å². The molecule has 0 aliphatic carbocycles. The topological polar surface area (TPSA) is 121 Å². The molecule has 1 amide bonds. The number of hydrogen-bond donors (Lipinski definition) is 1. The van der Waals surface area contributed by atoms with Gasteiger partial charge in [-0.1, -0.05) is 5.16 Å². The van der Waals surface area contributed by atoms with Gasteiger partial charge in [0.05, 0.1) is 39.6 Å². The van der Waals surface area contributed by atoms with Crippen LogP contribution < -0.4 is 23.8 Å². The summed E-state index contributed by atoms with van der Waals surface area (Å²) in [6, 6.07) is 10.3. The molecule has 3 aromatic rings. The Balaban J connectivity index is 1.96. The minimum Gasteiger partial charge on any atom is -0.507 e. The standard InChI is InChI=1S/C26H26N2O8/c1-6-35-17-9-7-15(8-10-17)23(29)21-22(16-12-18(32-3)25(34-5)19(13-16)33-4)28(26(31)24(21)30)20-11-14(2)36-27-20/h7-13,22,29H,6H2,1-5H3/b23-21+/t22-/m0/s1. The number of nitrogens with zero attached hydrogens (tertiary/aromatic N) is 2. The fourth-order valence-corrected chi connectivity index (χ4v) is 4.14. The number of ketones is 1. The van der Waals surface area contributed by atoms with Gasteiger partial charge < -0.3 is 28.6 Å². The second kappa shape index (κ2) is 10.0. The monoisotopic (exact) mass is 494 g/mol. The van der Waals surface area contributed by atoms with E-state index in [0.29, 0.717) is 46.5 Å². The lowest BCUT2D eigenvalue weighted by Crippen LogP contribution is -2.29. The van der Waals surface area contributed by atoms with Crippen molar-refractivity contribution in [3.05, 3.63) is 64.9 Å². The lowest BCUT2D eigenvalue weighted by atomic mass is 9.94. The highest BCUT2D eigenvalue weighted by atomic mass is 16.5. The van der Waals surface area contributed by atoms with Gasteiger partial charge in [0.1, 0.15) is 17.3 Å². The first-order chi connectivity index (χ1) is 17.3. The van der Waals surface area contributed by atoms with E-state index in [1.165, 1.54) is 32.3 Å². The van der Waals surface area contributed by atoms with Gasteiger partial charge in [-0.2, -0.15) is 0 Å². The Hall–Kier alpha value is -4.47. The van der Waals surface area contributed by atoms with Crippen molar-refractivity contribution in [1.29, 1.82) is 0 Å². The molecule has 1 atom stereocenters. The van der Waals surface area contributed by atoms with E-state index < -0.39 is 17.7 Å². The van der Waals surface area contributed by atoms with E-state index >= 15 is 0 Å². The minimum absolute atomic E-state index is 0.124. The third-order valence-corrected chi connectivity index (χ3v) is 5.75. The summed E-state index contributed by atoms with van der Waals surface area (Å²) in [7, 11) is 4.38. The molecule has 1 N–H and O–H groups in total. The van der Waals surface area contributed by atoms with Gasteiger partial charge in [-0.05, 0) is 55.8 Å². The zero-order chi connectivity index (χ0) is 26.0. The van der Waals surface area contributed by atoms with Gasteiger partial charge in [-0.15, -0.1) is 0 Å². The summed E-state index contributed by atoms with van der Waals surface area (Å²) in [5.41, 5.74) is 0.640. The van der Waals surface area contributed by atoms with Crippen LogP contribution in [0.3, 0.4) is 0 Å². The highest BCUT2D eigenvalue weighted by Crippen LogP contribution is 2.47. The van der Waals surface area contributed by atoms with Gasteiger partial charge in [0.25, 0.3) is 5.78 Å². The van der Waals surface area contributed by atoms with Crippen molar-refractivity contribution in [2.75, 3.05) is 32.8 Å². The van der Waals surface area contributed by atoms with Crippen LogP contribution in [0.25, 0.3) is 5.76 Å². The van der Waals surface area contributed by atoms with Crippen LogP contribution in [0.2, 0.25) is 0 Å². The largest absolute Gasteiger partial charge is 0.507 e. The Bertz CT molecular complexity index is 1300. The van der Waals surface area contributed by atoms with Crippen molar-refractivity contribution in [2.24, 2.45) is 0 Å². The molecular weight excluding hydrogens is 468 g/mol. The third-order valence-electron chi connectivity index (χ3n) is 5.75. The van der Waals surface area contributed by atoms with E-state index in [1.54, 1.807) is 43.3 Å². The van der Waals surface area contributed by atoms with Gasteiger partial charge in [0.15, 0.2) is 17.3 Å². The zero-order valence-corrected chi connectivity index (χ0v) is 20.5. The molecule has 0 radical (unpaired) electrons. The van der Waals surface area contributed by atoms with Crippen LogP contribution >= 0.6 is 0 Å². The number of aryl methyl sites for hydroxylation is 1. The first kappa shape index (κ1) is 24.6. The van der Waals surface area contributed by atoms with Crippen LogP contribution in [0.4, 0.5) is 5.82 Å². The van der Waals surface area contributed by atoms with E-state index in [2.05, 4.69) is 5.16 Å². The van der Waals surface area contributed by atoms with Crippen molar-refractivity contribution in [2.45, 2.75) is 19.9 Å². The molecule has 2 heterocycles. The molecule has 1 fully saturated rings. The average molecular weight is 495 g/mol. The highest BCUT2D eigenvalue weighted by Gasteiger charge is 2.48. The molecule has 2 aromatic carbocycles. The number of carbonyl (C=O) groups excluding carboxylic acids is 2. The summed E-state index contributed by atoms with van der Waals surface area (Å²) < 4.78 is 27.0. The third kappa shape index (κ3) is 4.21. The summed E-state index contributed by atoms with van der Waals surface area (Å²) in [6.45, 7) is 4.01. The quantitative estimate of drug-likeness (QED) is 0.281. The van der Waals surface area contributed by atoms with E-state index in [4.69, 9.17) is 23.5 Å². The predicted octanol–water partition coefficient (Wildman–Crippen LogP) is 4.03. The van der Waals surface area contributed by atoms with Crippen molar-refractivity contribution in [3.8, 4) is 23.0 Å². The van der Waals surface area contributed by atoms with Crippen molar-refractivity contribution in [1.82, 2.24) is 5.16 Å². The van der Waals surface area contributed by atoms with Crippen LogP contribution in [-0.2, 0) is 9.59 Å². The van der Waals surface area contributed by atoms with Gasteiger partial charge in [-0.25, -0.2) is 0 Å². The maximum Gasteiger partial charge on any atom is 0.301 e. The fourth-order valence-electron chi connectivity index (χ4n) is 4.14. The minimum atomic E-state index is -1.06. The maximum absolute atomic E-state index is 13.3. The van der Waals surface area contributed by atoms with Gasteiger partial charge in [-0.3, -0.25) is 14.5 Å². The number of amides is 1. The number of Topliss-reactive ketones (excluding diaryl/α,β-unsaturated/α-hetero) is 1. The van der Waals surface area contributed by atoms with Gasteiger partial charge in [0, 0.05) is 11.6 Å². The maximum atomic E-state index is 13.3. The van der Waals surface area contributed by atoms with E-state index in [1.807, 2.05) is 6.92 Å². The van der Waals surface area contributed by atoms with Crippen LogP contribution in [-0.4, -0.2) is 49.9 Å². The van der Waals surface area contributed by atoms with Crippen LogP contribution in [0.1, 0.15) is 29.9 Å². The molecule has 1 aliphatic rings. The van der Waals surface area contributed by atoms with Crippen LogP contribution in [0.5, 0.6) is 23.0 Å². The molecule has 0 bridgehead atoms. The average Bonchev–Trinajstić information content (AvgIpc) is 3.43. The lowest BCUT2D eigenvalue weighted by molar-refractivity contribution is -0.132. The van der Waals surface area contributed by atoms with Crippen LogP contribution in [0.15, 0.2) is 52.6 Å². The number of aliphatic hydroxyl groups excluding tert-OH is 1. The molecule has 0 unspecified atom stereocenters. The number of carbonyl (C=O) groups is 2. The summed E-state index contributed by atoms with van der Waals surface area (Å²) in [6.07, 6.45) is 0. The lowest BCUT2D eigenvalue weighted by Gasteiger charge is -2.24. The molecule has 10 nitrogen and oxygen atoms in total. The SMILES string of the molecule is CCOc1ccc(/C(O)=C2\C(=O)C(=O)N(c3cc(C)on3)[C@H]2c2cc(OC)c(OC)c(OC)c2)cc1. The van der Waals surface area contributed by atoms with Crippen molar-refractivity contribution < 1.29 is 38.2 Å².